The van der Waals surface area contributed by atoms with Gasteiger partial charge in [0, 0.05) is 23.9 Å². The summed E-state index contributed by atoms with van der Waals surface area (Å²) in [6.07, 6.45) is 1.66. The second kappa shape index (κ2) is 5.47. The van der Waals surface area contributed by atoms with E-state index in [1.807, 2.05) is 20.8 Å². The van der Waals surface area contributed by atoms with E-state index in [2.05, 4.69) is 10.3 Å². The van der Waals surface area contributed by atoms with Gasteiger partial charge in [-0.3, -0.25) is 4.79 Å². The maximum Gasteiger partial charge on any atom is 0.251 e. The lowest BCUT2D eigenvalue weighted by molar-refractivity contribution is -0.0615. The Morgan fingerprint density at radius 2 is 2.26 bits per heavy atom. The van der Waals surface area contributed by atoms with Crippen LogP contribution in [0.25, 0.3) is 0 Å². The SMILES string of the molecule is Cc1cc(C(=O)NC2CCOC(C)(C)C2)cc(Cl)n1. The Balaban J connectivity index is 2.04. The smallest absolute Gasteiger partial charge is 0.251 e. The van der Waals surface area contributed by atoms with E-state index in [9.17, 15) is 4.79 Å². The van der Waals surface area contributed by atoms with Gasteiger partial charge < -0.3 is 10.1 Å². The van der Waals surface area contributed by atoms with E-state index in [1.54, 1.807) is 12.1 Å². The molecule has 0 spiro atoms. The zero-order valence-electron chi connectivity index (χ0n) is 11.5. The first-order valence-corrected chi connectivity index (χ1v) is 6.82. The summed E-state index contributed by atoms with van der Waals surface area (Å²) in [6, 6.07) is 3.48. The van der Waals surface area contributed by atoms with Gasteiger partial charge in [-0.1, -0.05) is 11.6 Å². The molecule has 5 heteroatoms. The molecule has 1 unspecified atom stereocenters. The summed E-state index contributed by atoms with van der Waals surface area (Å²) in [7, 11) is 0. The van der Waals surface area contributed by atoms with Crippen LogP contribution in [0.3, 0.4) is 0 Å². The second-order valence-electron chi connectivity index (χ2n) is 5.59. The van der Waals surface area contributed by atoms with E-state index in [1.165, 1.54) is 0 Å². The molecule has 1 aromatic rings. The number of carbonyl (C=O) groups is 1. The maximum absolute atomic E-state index is 12.2. The molecule has 2 rings (SSSR count). The average molecular weight is 283 g/mol. The number of aromatic nitrogens is 1. The van der Waals surface area contributed by atoms with E-state index in [-0.39, 0.29) is 17.6 Å². The summed E-state index contributed by atoms with van der Waals surface area (Å²) in [5, 5.41) is 3.38. The van der Waals surface area contributed by atoms with Crippen molar-refractivity contribution in [2.24, 2.45) is 0 Å². The molecule has 1 fully saturated rings. The van der Waals surface area contributed by atoms with Gasteiger partial charge in [0.05, 0.1) is 5.60 Å². The summed E-state index contributed by atoms with van der Waals surface area (Å²) in [6.45, 7) is 6.58. The number of nitrogens with one attached hydrogen (secondary N) is 1. The Labute approximate surface area is 118 Å². The number of hydrogen-bond acceptors (Lipinski definition) is 3. The first-order valence-electron chi connectivity index (χ1n) is 6.45. The van der Waals surface area contributed by atoms with Crippen molar-refractivity contribution in [1.29, 1.82) is 0 Å². The molecule has 1 aliphatic heterocycles. The fourth-order valence-corrected chi connectivity index (χ4v) is 2.63. The molecule has 4 nitrogen and oxygen atoms in total. The standard InChI is InChI=1S/C14H19ClN2O2/c1-9-6-10(7-12(15)16-9)13(18)17-11-4-5-19-14(2,3)8-11/h6-7,11H,4-5,8H2,1-3H3,(H,17,18). The van der Waals surface area contributed by atoms with E-state index < -0.39 is 0 Å². The number of pyridine rings is 1. The van der Waals surface area contributed by atoms with Crippen molar-refractivity contribution < 1.29 is 9.53 Å². The van der Waals surface area contributed by atoms with Crippen molar-refractivity contribution in [3.05, 3.63) is 28.5 Å². The summed E-state index contributed by atoms with van der Waals surface area (Å²) in [5.41, 5.74) is 1.12. The van der Waals surface area contributed by atoms with Crippen molar-refractivity contribution in [2.45, 2.75) is 45.3 Å². The van der Waals surface area contributed by atoms with Crippen LogP contribution in [0.2, 0.25) is 5.15 Å². The van der Waals surface area contributed by atoms with Crippen LogP contribution in [0.1, 0.15) is 42.7 Å². The van der Waals surface area contributed by atoms with Gasteiger partial charge in [0.15, 0.2) is 0 Å². The highest BCUT2D eigenvalue weighted by Crippen LogP contribution is 2.24. The van der Waals surface area contributed by atoms with Gasteiger partial charge in [0.25, 0.3) is 5.91 Å². The predicted molar refractivity (Wildman–Crippen MR) is 74.5 cm³/mol. The number of nitrogens with zero attached hydrogens (tertiary/aromatic N) is 1. The van der Waals surface area contributed by atoms with Crippen molar-refractivity contribution in [2.75, 3.05) is 6.61 Å². The molecule has 1 aromatic heterocycles. The first kappa shape index (κ1) is 14.3. The number of amides is 1. The number of halogens is 1. The lowest BCUT2D eigenvalue weighted by atomic mass is 9.94. The zero-order valence-corrected chi connectivity index (χ0v) is 12.3. The van der Waals surface area contributed by atoms with Gasteiger partial charge in [0.1, 0.15) is 5.15 Å². The molecule has 1 amide bonds. The minimum Gasteiger partial charge on any atom is -0.375 e. The second-order valence-corrected chi connectivity index (χ2v) is 5.98. The van der Waals surface area contributed by atoms with Crippen molar-refractivity contribution in [1.82, 2.24) is 10.3 Å². The molecule has 1 N–H and O–H groups in total. The summed E-state index contributed by atoms with van der Waals surface area (Å²) < 4.78 is 5.64. The van der Waals surface area contributed by atoms with Gasteiger partial charge in [-0.05, 0) is 45.7 Å². The van der Waals surface area contributed by atoms with Crippen LogP contribution in [-0.4, -0.2) is 29.1 Å². The minimum atomic E-state index is -0.179. The number of ether oxygens (including phenoxy) is 1. The van der Waals surface area contributed by atoms with Crippen LogP contribution in [0, 0.1) is 6.92 Å². The molecule has 19 heavy (non-hydrogen) atoms. The first-order chi connectivity index (χ1) is 8.85. The lowest BCUT2D eigenvalue weighted by Gasteiger charge is -2.35. The lowest BCUT2D eigenvalue weighted by Crippen LogP contribution is -2.45. The van der Waals surface area contributed by atoms with Crippen LogP contribution < -0.4 is 5.32 Å². The van der Waals surface area contributed by atoms with Gasteiger partial charge in [-0.2, -0.15) is 0 Å². The highest BCUT2D eigenvalue weighted by Gasteiger charge is 2.29. The predicted octanol–water partition coefficient (Wildman–Crippen LogP) is 2.73. The van der Waals surface area contributed by atoms with Crippen LogP contribution in [0.4, 0.5) is 0 Å². The molecule has 0 aromatic carbocycles. The fraction of sp³-hybridized carbons (Fsp3) is 0.571. The largest absolute Gasteiger partial charge is 0.375 e. The zero-order chi connectivity index (χ0) is 14.0. The molecule has 0 bridgehead atoms. The molecule has 0 aliphatic carbocycles. The van der Waals surface area contributed by atoms with Crippen molar-refractivity contribution in [3.8, 4) is 0 Å². The highest BCUT2D eigenvalue weighted by molar-refractivity contribution is 6.29. The molecule has 2 heterocycles. The quantitative estimate of drug-likeness (QED) is 0.849. The van der Waals surface area contributed by atoms with E-state index >= 15 is 0 Å². The summed E-state index contributed by atoms with van der Waals surface area (Å²) in [4.78, 5) is 16.2. The Morgan fingerprint density at radius 3 is 2.89 bits per heavy atom. The maximum atomic E-state index is 12.2. The van der Waals surface area contributed by atoms with Crippen LogP contribution in [-0.2, 0) is 4.74 Å². The monoisotopic (exact) mass is 282 g/mol. The summed E-state index contributed by atoms with van der Waals surface area (Å²) >= 11 is 5.87. The number of hydrogen-bond donors (Lipinski definition) is 1. The average Bonchev–Trinajstić information content (AvgIpc) is 2.26. The Kier molecular flexibility index (Phi) is 4.11. The van der Waals surface area contributed by atoms with Gasteiger partial charge >= 0.3 is 0 Å². The molecular formula is C14H19ClN2O2. The fourth-order valence-electron chi connectivity index (χ4n) is 2.38. The summed E-state index contributed by atoms with van der Waals surface area (Å²) in [5.74, 6) is -0.102. The van der Waals surface area contributed by atoms with Crippen LogP contribution >= 0.6 is 11.6 Å². The van der Waals surface area contributed by atoms with E-state index in [4.69, 9.17) is 16.3 Å². The Bertz CT molecular complexity index is 468. The van der Waals surface area contributed by atoms with E-state index in [0.717, 1.165) is 18.5 Å². The topological polar surface area (TPSA) is 51.2 Å². The van der Waals surface area contributed by atoms with Gasteiger partial charge in [0.2, 0.25) is 0 Å². The number of rotatable bonds is 2. The van der Waals surface area contributed by atoms with Crippen molar-refractivity contribution >= 4 is 17.5 Å². The normalized spacial score (nSPS) is 22.0. The van der Waals surface area contributed by atoms with Crippen LogP contribution in [0.15, 0.2) is 12.1 Å². The molecule has 0 radical (unpaired) electrons. The third-order valence-electron chi connectivity index (χ3n) is 3.22. The van der Waals surface area contributed by atoms with Gasteiger partial charge in [-0.15, -0.1) is 0 Å². The Morgan fingerprint density at radius 1 is 1.53 bits per heavy atom. The molecule has 1 saturated heterocycles. The molecule has 0 saturated carbocycles. The van der Waals surface area contributed by atoms with Crippen LogP contribution in [0.5, 0.6) is 0 Å². The van der Waals surface area contributed by atoms with Gasteiger partial charge in [-0.25, -0.2) is 4.98 Å². The van der Waals surface area contributed by atoms with Crippen molar-refractivity contribution in [3.63, 3.8) is 0 Å². The Hall–Kier alpha value is -1.13. The third-order valence-corrected chi connectivity index (χ3v) is 3.41. The molecule has 1 atom stereocenters. The molecular weight excluding hydrogens is 264 g/mol. The minimum absolute atomic E-state index is 0.102. The molecule has 1 aliphatic rings. The third kappa shape index (κ3) is 3.91. The van der Waals surface area contributed by atoms with E-state index in [0.29, 0.717) is 17.3 Å². The molecule has 104 valence electrons. The number of aryl methyl sites for hydroxylation is 1. The highest BCUT2D eigenvalue weighted by atomic mass is 35.5. The number of carbonyl (C=O) groups excluding carboxylic acids is 1.